The molecule has 0 aliphatic carbocycles. The van der Waals surface area contributed by atoms with Crippen molar-refractivity contribution in [2.24, 2.45) is 5.92 Å². The van der Waals surface area contributed by atoms with Crippen LogP contribution in [0.1, 0.15) is 59.8 Å². The molecule has 0 saturated carbocycles. The maximum atomic E-state index is 12.8. The highest BCUT2D eigenvalue weighted by molar-refractivity contribution is 5.96. The second-order valence-electron chi connectivity index (χ2n) is 8.15. The SMILES string of the molecule is CCOC(=O)C=CCCC(NC(C)=O)C(=O)Nc1cccn(CC(=O)NCCC(CC)CC)c1=O. The summed E-state index contributed by atoms with van der Waals surface area (Å²) >= 11 is 0. The van der Waals surface area contributed by atoms with Crippen molar-refractivity contribution >= 4 is 29.4 Å². The first-order chi connectivity index (χ1) is 16.7. The van der Waals surface area contributed by atoms with Crippen LogP contribution in [0, 0.1) is 5.92 Å². The van der Waals surface area contributed by atoms with Gasteiger partial charge in [0.2, 0.25) is 17.7 Å². The second-order valence-corrected chi connectivity index (χ2v) is 8.15. The van der Waals surface area contributed by atoms with Crippen LogP contribution in [0.15, 0.2) is 35.3 Å². The Morgan fingerprint density at radius 3 is 2.46 bits per heavy atom. The van der Waals surface area contributed by atoms with Gasteiger partial charge in [-0.1, -0.05) is 32.8 Å². The van der Waals surface area contributed by atoms with Gasteiger partial charge in [-0.05, 0) is 44.2 Å². The molecule has 1 heterocycles. The molecular formula is C25H38N4O6. The lowest BCUT2D eigenvalue weighted by atomic mass is 10.00. The smallest absolute Gasteiger partial charge is 0.330 e. The number of rotatable bonds is 15. The predicted octanol–water partition coefficient (Wildman–Crippen LogP) is 2.13. The Bertz CT molecular complexity index is 936. The third kappa shape index (κ3) is 11.5. The Morgan fingerprint density at radius 1 is 1.11 bits per heavy atom. The summed E-state index contributed by atoms with van der Waals surface area (Å²) in [4.78, 5) is 60.7. The summed E-state index contributed by atoms with van der Waals surface area (Å²) < 4.78 is 6.01. The number of esters is 1. The van der Waals surface area contributed by atoms with E-state index in [0.717, 1.165) is 19.3 Å². The van der Waals surface area contributed by atoms with Crippen molar-refractivity contribution in [3.63, 3.8) is 0 Å². The van der Waals surface area contributed by atoms with Crippen molar-refractivity contribution < 1.29 is 23.9 Å². The molecule has 1 rings (SSSR count). The number of hydrogen-bond acceptors (Lipinski definition) is 6. The summed E-state index contributed by atoms with van der Waals surface area (Å²) in [6.45, 7) is 7.85. The Balaban J connectivity index is 2.77. The predicted molar refractivity (Wildman–Crippen MR) is 134 cm³/mol. The molecule has 0 spiro atoms. The molecule has 0 fully saturated rings. The number of amides is 3. The maximum Gasteiger partial charge on any atom is 0.330 e. The molecule has 0 bridgehead atoms. The van der Waals surface area contributed by atoms with Gasteiger partial charge in [0.15, 0.2) is 0 Å². The van der Waals surface area contributed by atoms with E-state index in [-0.39, 0.29) is 31.2 Å². The number of anilines is 1. The molecule has 0 aliphatic rings. The van der Waals surface area contributed by atoms with Crippen molar-refractivity contribution in [1.82, 2.24) is 15.2 Å². The second kappa shape index (κ2) is 16.2. The molecule has 10 heteroatoms. The van der Waals surface area contributed by atoms with Crippen molar-refractivity contribution in [2.45, 2.75) is 72.4 Å². The number of pyridine rings is 1. The maximum absolute atomic E-state index is 12.8. The van der Waals surface area contributed by atoms with E-state index in [1.54, 1.807) is 19.1 Å². The van der Waals surface area contributed by atoms with Crippen molar-refractivity contribution in [2.75, 3.05) is 18.5 Å². The van der Waals surface area contributed by atoms with Crippen LogP contribution in [0.25, 0.3) is 0 Å². The minimum atomic E-state index is -0.916. The molecule has 0 saturated heterocycles. The third-order valence-corrected chi connectivity index (χ3v) is 5.48. The molecule has 3 amide bonds. The monoisotopic (exact) mass is 490 g/mol. The van der Waals surface area contributed by atoms with Crippen LogP contribution in [-0.2, 0) is 30.5 Å². The van der Waals surface area contributed by atoms with Crippen LogP contribution in [0.4, 0.5) is 5.69 Å². The van der Waals surface area contributed by atoms with Crippen molar-refractivity contribution in [3.8, 4) is 0 Å². The first-order valence-electron chi connectivity index (χ1n) is 12.1. The molecule has 1 aromatic heterocycles. The summed E-state index contributed by atoms with van der Waals surface area (Å²) in [5.74, 6) is -1.21. The van der Waals surface area contributed by atoms with Crippen molar-refractivity contribution in [1.29, 1.82) is 0 Å². The summed E-state index contributed by atoms with van der Waals surface area (Å²) in [5.41, 5.74) is -0.528. The Kier molecular flexibility index (Phi) is 13.7. The Labute approximate surface area is 206 Å². The lowest BCUT2D eigenvalue weighted by Gasteiger charge is -2.17. The quantitative estimate of drug-likeness (QED) is 0.255. The van der Waals surface area contributed by atoms with Gasteiger partial charge >= 0.3 is 5.97 Å². The summed E-state index contributed by atoms with van der Waals surface area (Å²) in [5, 5.41) is 7.91. The summed E-state index contributed by atoms with van der Waals surface area (Å²) in [6.07, 6.45) is 7.81. The van der Waals surface area contributed by atoms with Crippen molar-refractivity contribution in [3.05, 3.63) is 40.8 Å². The molecule has 10 nitrogen and oxygen atoms in total. The van der Waals surface area contributed by atoms with Gasteiger partial charge in [0, 0.05) is 25.7 Å². The first kappa shape index (κ1) is 29.6. The minimum absolute atomic E-state index is 0.000234. The number of carbonyl (C=O) groups is 4. The third-order valence-electron chi connectivity index (χ3n) is 5.48. The number of hydrogen-bond donors (Lipinski definition) is 3. The molecule has 3 N–H and O–H groups in total. The van der Waals surface area contributed by atoms with Crippen LogP contribution in [0.2, 0.25) is 0 Å². The molecule has 0 radical (unpaired) electrons. The standard InChI is InChI=1S/C25H38N4O6/c1-5-19(6-2)14-15-26-22(31)17-29-16-10-12-21(25(29)34)28-24(33)20(27-18(4)30)11-8-9-13-23(32)35-7-3/h9-10,12-13,16,19-20H,5-8,11,14-15,17H2,1-4H3,(H,26,31)(H,27,30)(H,28,33). The van der Waals surface area contributed by atoms with Gasteiger partial charge in [-0.25, -0.2) is 4.79 Å². The van der Waals surface area contributed by atoms with Gasteiger partial charge in [0.1, 0.15) is 18.3 Å². The fraction of sp³-hybridized carbons (Fsp3) is 0.560. The summed E-state index contributed by atoms with van der Waals surface area (Å²) in [6, 6.07) is 2.08. The van der Waals surface area contributed by atoms with E-state index in [9.17, 15) is 24.0 Å². The normalized spacial score (nSPS) is 11.8. The van der Waals surface area contributed by atoms with E-state index in [2.05, 4.69) is 29.8 Å². The topological polar surface area (TPSA) is 136 Å². The minimum Gasteiger partial charge on any atom is -0.463 e. The van der Waals surface area contributed by atoms with Crippen LogP contribution in [0.3, 0.4) is 0 Å². The average molecular weight is 491 g/mol. The van der Waals surface area contributed by atoms with E-state index in [0.29, 0.717) is 18.9 Å². The molecule has 1 aromatic rings. The van der Waals surface area contributed by atoms with E-state index in [1.807, 2.05) is 0 Å². The molecular weight excluding hydrogens is 452 g/mol. The molecule has 0 aromatic carbocycles. The van der Waals surface area contributed by atoms with Crippen LogP contribution >= 0.6 is 0 Å². The number of ether oxygens (including phenoxy) is 1. The lowest BCUT2D eigenvalue weighted by Crippen LogP contribution is -2.43. The average Bonchev–Trinajstić information content (AvgIpc) is 2.81. The van der Waals surface area contributed by atoms with Gasteiger partial charge in [-0.3, -0.25) is 19.2 Å². The zero-order valence-electron chi connectivity index (χ0n) is 21.1. The zero-order chi connectivity index (χ0) is 26.2. The van der Waals surface area contributed by atoms with Gasteiger partial charge in [-0.15, -0.1) is 0 Å². The highest BCUT2D eigenvalue weighted by atomic mass is 16.5. The van der Waals surface area contributed by atoms with E-state index in [4.69, 9.17) is 4.74 Å². The fourth-order valence-corrected chi connectivity index (χ4v) is 3.45. The van der Waals surface area contributed by atoms with Gasteiger partial charge in [-0.2, -0.15) is 0 Å². The first-order valence-corrected chi connectivity index (χ1v) is 12.1. The number of carbonyl (C=O) groups excluding carboxylic acids is 4. The highest BCUT2D eigenvalue weighted by Gasteiger charge is 2.20. The largest absolute Gasteiger partial charge is 0.463 e. The number of nitrogens with one attached hydrogen (secondary N) is 3. The molecule has 1 unspecified atom stereocenters. The van der Waals surface area contributed by atoms with Gasteiger partial charge < -0.3 is 25.3 Å². The summed E-state index contributed by atoms with van der Waals surface area (Å²) in [7, 11) is 0. The highest BCUT2D eigenvalue weighted by Crippen LogP contribution is 2.11. The number of aromatic nitrogens is 1. The van der Waals surface area contributed by atoms with Crippen LogP contribution in [-0.4, -0.2) is 47.5 Å². The number of allylic oxidation sites excluding steroid dienone is 1. The zero-order valence-corrected chi connectivity index (χ0v) is 21.1. The molecule has 1 atom stereocenters. The van der Waals surface area contributed by atoms with Crippen LogP contribution < -0.4 is 21.5 Å². The van der Waals surface area contributed by atoms with Crippen LogP contribution in [0.5, 0.6) is 0 Å². The fourth-order valence-electron chi connectivity index (χ4n) is 3.45. The molecule has 0 aliphatic heterocycles. The Hall–Kier alpha value is -3.43. The van der Waals surface area contributed by atoms with E-state index in [1.165, 1.54) is 29.8 Å². The van der Waals surface area contributed by atoms with E-state index < -0.39 is 29.4 Å². The molecule has 35 heavy (non-hydrogen) atoms. The van der Waals surface area contributed by atoms with Gasteiger partial charge in [0.05, 0.1) is 6.61 Å². The van der Waals surface area contributed by atoms with E-state index >= 15 is 0 Å². The lowest BCUT2D eigenvalue weighted by molar-refractivity contribution is -0.137. The van der Waals surface area contributed by atoms with Gasteiger partial charge in [0.25, 0.3) is 5.56 Å². The number of nitrogens with zero attached hydrogens (tertiary/aromatic N) is 1. The Morgan fingerprint density at radius 2 is 1.83 bits per heavy atom. The molecule has 194 valence electrons.